The molecule has 0 aromatic carbocycles. The van der Waals surface area contributed by atoms with Crippen LogP contribution in [0, 0.1) is 0 Å². The summed E-state index contributed by atoms with van der Waals surface area (Å²) < 4.78 is 82.5. The number of hydrogen-bond donors (Lipinski definition) is 16. The molecule has 4 saturated heterocycles. The topological polar surface area (TPSA) is 588 Å². The maximum atomic E-state index is 14.1. The number of aliphatic hydroxyl groups excluding tert-OH is 9. The first-order valence-electron chi connectivity index (χ1n) is 35.3. The van der Waals surface area contributed by atoms with E-state index in [2.05, 4.69) is 37.2 Å². The Labute approximate surface area is 617 Å². The zero-order chi connectivity index (χ0) is 78.5. The number of carbonyl (C=O) groups excluding carboxylic acids is 10. The predicted octanol–water partition coefficient (Wildman–Crippen LogP) is -9.83. The zero-order valence-electron chi connectivity index (χ0n) is 60.4. The van der Waals surface area contributed by atoms with Crippen molar-refractivity contribution in [2.24, 2.45) is 0 Å². The smallest absolute Gasteiger partial charge is 0.355 e. The van der Waals surface area contributed by atoms with Crippen molar-refractivity contribution >= 4 is 59.1 Å². The van der Waals surface area contributed by atoms with Gasteiger partial charge in [-0.15, -0.1) is 5.06 Å². The molecule has 0 saturated carbocycles. The number of nitrogens with one attached hydrogen (secondary N) is 7. The van der Waals surface area contributed by atoms with Crippen LogP contribution in [-0.2, 0) is 124 Å². The van der Waals surface area contributed by atoms with E-state index in [4.69, 9.17) is 75.9 Å². The minimum absolute atomic E-state index is 0.00363. The highest BCUT2D eigenvalue weighted by Crippen LogP contribution is 2.25. The number of aliphatic hydroxyl groups is 9. The summed E-state index contributed by atoms with van der Waals surface area (Å²) in [4.78, 5) is 131. The molecule has 9 amide bonds. The molecule has 43 nitrogen and oxygen atoms in total. The molecule has 107 heavy (non-hydrogen) atoms. The third-order valence-corrected chi connectivity index (χ3v) is 16.1. The Balaban J connectivity index is 1.19. The SMILES string of the molecule is CC(=O)N[C@H]1[C@H](OCCOCCOCCOCC(=O)NCCCC[C@H](NC(=O)[C@H](CCCCNC(=O)COCCOCCOCCO[C@@H]2O[C@H](CO)[C@H](O)C(O)[C@H]2NC(C)=O)NC(=O)COCCOCCOCCO[C@@H]2O[C@H](CO)[C@H](O)[C@H](O)[C@H]2NC(C)=O)C(=O)ON2C(=O)CCC2=O)O[C@H](CO)[C@H](O)[C@@H]1O. The molecule has 17 atom stereocenters. The molecule has 0 aliphatic carbocycles. The zero-order valence-corrected chi connectivity index (χ0v) is 60.4. The number of nitrogens with zero attached hydrogens (tertiary/aromatic N) is 1. The van der Waals surface area contributed by atoms with Crippen LogP contribution in [0.15, 0.2) is 0 Å². The van der Waals surface area contributed by atoms with Gasteiger partial charge in [-0.25, -0.2) is 4.79 Å². The Morgan fingerprint density at radius 2 is 0.701 bits per heavy atom. The van der Waals surface area contributed by atoms with Crippen LogP contribution in [0.5, 0.6) is 0 Å². The fourth-order valence-corrected chi connectivity index (χ4v) is 10.7. The minimum Gasteiger partial charge on any atom is -0.394 e. The van der Waals surface area contributed by atoms with Crippen LogP contribution < -0.4 is 37.2 Å². The molecule has 43 heteroatoms. The Bertz CT molecular complexity index is 2610. The summed E-state index contributed by atoms with van der Waals surface area (Å²) in [7, 11) is 0. The van der Waals surface area contributed by atoms with Crippen LogP contribution in [0.2, 0.25) is 0 Å². The van der Waals surface area contributed by atoms with Crippen molar-refractivity contribution in [3.63, 3.8) is 0 Å². The molecule has 4 aliphatic rings. The number of hydroxylamine groups is 2. The number of unbranched alkanes of at least 4 members (excludes halogenated alkanes) is 2. The normalized spacial score (nSPS) is 25.7. The number of ether oxygens (including phenoxy) is 15. The second kappa shape index (κ2) is 53.7. The van der Waals surface area contributed by atoms with E-state index in [1.165, 1.54) is 20.8 Å². The number of hydrogen-bond acceptors (Lipinski definition) is 35. The first-order chi connectivity index (χ1) is 51.4. The number of carbonyl (C=O) groups is 10. The molecule has 4 aliphatic heterocycles. The van der Waals surface area contributed by atoms with Gasteiger partial charge in [0.25, 0.3) is 11.8 Å². The van der Waals surface area contributed by atoms with Crippen molar-refractivity contribution < 1.29 is 170 Å². The predicted molar refractivity (Wildman–Crippen MR) is 356 cm³/mol. The number of amides is 9. The molecule has 4 rings (SSSR count). The van der Waals surface area contributed by atoms with Gasteiger partial charge in [-0.1, -0.05) is 0 Å². The highest BCUT2D eigenvalue weighted by atomic mass is 16.7. The first kappa shape index (κ1) is 93.3. The lowest BCUT2D eigenvalue weighted by molar-refractivity contribution is -0.272. The lowest BCUT2D eigenvalue weighted by Gasteiger charge is -2.42. The van der Waals surface area contributed by atoms with Crippen LogP contribution >= 0.6 is 0 Å². The summed E-state index contributed by atoms with van der Waals surface area (Å²) in [6.45, 7) is 1.80. The van der Waals surface area contributed by atoms with Crippen molar-refractivity contribution in [2.45, 2.75) is 176 Å². The van der Waals surface area contributed by atoms with Crippen LogP contribution in [0.25, 0.3) is 0 Å². The fourth-order valence-electron chi connectivity index (χ4n) is 10.7. The van der Waals surface area contributed by atoms with Gasteiger partial charge in [-0.2, -0.15) is 0 Å². The third kappa shape index (κ3) is 36.1. The standard InChI is InChI=1S/C64H110N8O35/c1-38(76)67-51-57(87)54(84)43(32-73)104-62(51)101-29-26-95-17-14-92-20-23-98-35-46(79)65-12-6-4-8-41(70-48(81)37-100-25-22-94-16-19-97-28-31-103-64-53(69-40(3)78)59(89)56(86)45(34-75)106-64)60(90)71-42(61(91)107-72-49(82)10-11-50(72)83)9-5-7-13-66-47(80)36-99-24-21-93-15-18-96-27-30-102-63-52(68-39(2)77)58(88)55(85)44(33-74)105-63/h41-45,51-59,62-64,73-75,84-89H,4-37H2,1-3H3,(H,65,79)(H,66,80)(H,67,76)(H,68,77)(H,69,78)(H,70,81)(H,71,90)/t41-,42-,43+,44+,45+,51+,52+,53+,54-,55-,56-,57?,58+,59+,62+,63+,64+/m0/s1. The molecule has 16 N–H and O–H groups in total. The van der Waals surface area contributed by atoms with Gasteiger partial charge in [-0.05, 0) is 38.5 Å². The van der Waals surface area contributed by atoms with Crippen molar-refractivity contribution in [1.82, 2.24) is 42.3 Å². The maximum Gasteiger partial charge on any atom is 0.355 e. The Kier molecular flexibility index (Phi) is 46.9. The van der Waals surface area contributed by atoms with Crippen LogP contribution in [0.4, 0.5) is 0 Å². The summed E-state index contributed by atoms with van der Waals surface area (Å²) in [5.41, 5.74) is 0. The maximum absolute atomic E-state index is 14.1. The summed E-state index contributed by atoms with van der Waals surface area (Å²) >= 11 is 0. The fraction of sp³-hybridized carbons (Fsp3) is 0.844. The average molecular weight is 1550 g/mol. The van der Waals surface area contributed by atoms with Crippen molar-refractivity contribution in [3.8, 4) is 0 Å². The van der Waals surface area contributed by atoms with E-state index in [1.807, 2.05) is 0 Å². The van der Waals surface area contributed by atoms with E-state index in [0.717, 1.165) is 0 Å². The summed E-state index contributed by atoms with van der Waals surface area (Å²) in [6, 6.07) is -6.13. The molecular formula is C64H110N8O35. The molecule has 0 aromatic rings. The lowest BCUT2D eigenvalue weighted by Crippen LogP contribution is -2.64. The largest absolute Gasteiger partial charge is 0.394 e. The number of imide groups is 1. The van der Waals surface area contributed by atoms with Gasteiger partial charge in [0, 0.05) is 46.7 Å². The Hall–Kier alpha value is -6.06. The van der Waals surface area contributed by atoms with E-state index in [1.54, 1.807) is 0 Å². The summed E-state index contributed by atoms with van der Waals surface area (Å²) in [6.07, 6.45) is -15.5. The van der Waals surface area contributed by atoms with Gasteiger partial charge in [-0.3, -0.25) is 43.2 Å². The van der Waals surface area contributed by atoms with E-state index in [9.17, 15) is 93.9 Å². The quantitative estimate of drug-likeness (QED) is 0.0199. The van der Waals surface area contributed by atoms with Crippen LogP contribution in [-0.4, -0.2) is 386 Å². The van der Waals surface area contributed by atoms with Crippen LogP contribution in [0.3, 0.4) is 0 Å². The molecule has 1 unspecified atom stereocenters. The Morgan fingerprint density at radius 3 is 1.02 bits per heavy atom. The molecule has 4 heterocycles. The van der Waals surface area contributed by atoms with Gasteiger partial charge in [0.05, 0.1) is 139 Å². The third-order valence-electron chi connectivity index (χ3n) is 16.1. The monoisotopic (exact) mass is 1550 g/mol. The molecule has 4 fully saturated rings. The molecule has 0 aromatic heterocycles. The highest BCUT2D eigenvalue weighted by Gasteiger charge is 2.48. The van der Waals surface area contributed by atoms with Crippen molar-refractivity contribution in [2.75, 3.05) is 172 Å². The number of rotatable bonds is 57. The molecular weight excluding hydrogens is 1440 g/mol. The second-order valence-electron chi connectivity index (χ2n) is 24.6. The lowest BCUT2D eigenvalue weighted by atomic mass is 9.97. The molecule has 0 spiro atoms. The van der Waals surface area contributed by atoms with E-state index < -0.39 is 190 Å². The highest BCUT2D eigenvalue weighted by molar-refractivity contribution is 6.02. The average Bonchev–Trinajstić information content (AvgIpc) is 1.67. The Morgan fingerprint density at radius 1 is 0.402 bits per heavy atom. The van der Waals surface area contributed by atoms with E-state index in [0.29, 0.717) is 5.06 Å². The summed E-state index contributed by atoms with van der Waals surface area (Å²) in [5.74, 6) is -6.80. The molecule has 0 radical (unpaired) electrons. The van der Waals surface area contributed by atoms with Crippen molar-refractivity contribution in [1.29, 1.82) is 0 Å². The first-order valence-corrected chi connectivity index (χ1v) is 35.3. The van der Waals surface area contributed by atoms with E-state index in [-0.39, 0.29) is 197 Å². The minimum atomic E-state index is -1.49. The van der Waals surface area contributed by atoms with Crippen LogP contribution in [0.1, 0.15) is 72.1 Å². The second-order valence-corrected chi connectivity index (χ2v) is 24.6. The van der Waals surface area contributed by atoms with Gasteiger partial charge in [0.15, 0.2) is 18.9 Å². The van der Waals surface area contributed by atoms with E-state index >= 15 is 0 Å². The van der Waals surface area contributed by atoms with Crippen molar-refractivity contribution in [3.05, 3.63) is 0 Å². The van der Waals surface area contributed by atoms with Gasteiger partial charge in [0.1, 0.15) is 105 Å². The van der Waals surface area contributed by atoms with Gasteiger partial charge < -0.3 is 159 Å². The summed E-state index contributed by atoms with van der Waals surface area (Å²) in [5, 5.41) is 109. The molecule has 0 bridgehead atoms. The van der Waals surface area contributed by atoms with Gasteiger partial charge >= 0.3 is 5.97 Å². The van der Waals surface area contributed by atoms with Gasteiger partial charge in [0.2, 0.25) is 41.4 Å². The molecule has 616 valence electrons.